The van der Waals surface area contributed by atoms with Gasteiger partial charge in [0.2, 0.25) is 0 Å². The molecule has 0 N–H and O–H groups in total. The van der Waals surface area contributed by atoms with Gasteiger partial charge in [0, 0.05) is 20.1 Å². The van der Waals surface area contributed by atoms with Gasteiger partial charge in [0.05, 0.1) is 2.88 Å². The normalized spacial score (nSPS) is 10.6. The van der Waals surface area contributed by atoms with E-state index in [1.807, 2.05) is 18.2 Å². The Labute approximate surface area is 101 Å². The number of hydrogen-bond donors (Lipinski definition) is 0. The first kappa shape index (κ1) is 9.61. The summed E-state index contributed by atoms with van der Waals surface area (Å²) in [4.78, 5) is 10.8. The molecule has 0 bridgehead atoms. The molecule has 1 nitrogen and oxygen atoms in total. The monoisotopic (exact) mass is 366 g/mol. The third-order valence-electron chi connectivity index (χ3n) is 1.76. The largest absolute Gasteiger partial charge is 0.298 e. The highest BCUT2D eigenvalue weighted by molar-refractivity contribution is 14.1. The van der Waals surface area contributed by atoms with Gasteiger partial charge < -0.3 is 0 Å². The van der Waals surface area contributed by atoms with Crippen molar-refractivity contribution in [2.75, 3.05) is 0 Å². The highest BCUT2D eigenvalue weighted by atomic mass is 127. The quantitative estimate of drug-likeness (QED) is 0.549. The highest BCUT2D eigenvalue weighted by Gasteiger charge is 2.08. The molecule has 0 unspecified atom stereocenters. The van der Waals surface area contributed by atoms with Crippen LogP contribution in [-0.4, -0.2) is 6.29 Å². The molecule has 1 aromatic heterocycles. The van der Waals surface area contributed by atoms with E-state index in [2.05, 4.69) is 38.5 Å². The van der Waals surface area contributed by atoms with Gasteiger partial charge in [0.15, 0.2) is 6.29 Å². The van der Waals surface area contributed by atoms with E-state index in [-0.39, 0.29) is 0 Å². The Morgan fingerprint density at radius 2 is 2.23 bits per heavy atom. The number of carbonyl (C=O) groups excluding carboxylic acids is 1. The Morgan fingerprint density at radius 1 is 1.46 bits per heavy atom. The minimum Gasteiger partial charge on any atom is -0.298 e. The second-order valence-corrected chi connectivity index (χ2v) is 6.33. The lowest BCUT2D eigenvalue weighted by atomic mass is 10.2. The molecule has 0 atom stereocenters. The van der Waals surface area contributed by atoms with Crippen LogP contribution in [-0.2, 0) is 0 Å². The molecule has 0 spiro atoms. The van der Waals surface area contributed by atoms with Gasteiger partial charge in [-0.15, -0.1) is 11.3 Å². The molecule has 0 aliphatic carbocycles. The number of halogens is 2. The molecule has 1 aromatic carbocycles. The van der Waals surface area contributed by atoms with E-state index in [4.69, 9.17) is 0 Å². The van der Waals surface area contributed by atoms with Crippen LogP contribution in [0.2, 0.25) is 0 Å². The Balaban J connectivity index is 2.88. The fourth-order valence-electron chi connectivity index (χ4n) is 1.17. The standard InChI is InChI=1S/C9H4BrIOS/c10-5-1-2-8-6(3-5)7(4-12)9(11)13-8/h1-4H. The van der Waals surface area contributed by atoms with Crippen molar-refractivity contribution < 1.29 is 4.79 Å². The summed E-state index contributed by atoms with van der Waals surface area (Å²) in [6.07, 6.45) is 0.924. The molecule has 4 heteroatoms. The van der Waals surface area contributed by atoms with Crippen LogP contribution in [0, 0.1) is 2.88 Å². The van der Waals surface area contributed by atoms with Gasteiger partial charge in [-0.3, -0.25) is 4.79 Å². The lowest BCUT2D eigenvalue weighted by Gasteiger charge is -1.91. The van der Waals surface area contributed by atoms with E-state index in [0.717, 1.165) is 29.3 Å². The zero-order valence-corrected chi connectivity index (χ0v) is 10.9. The first-order valence-electron chi connectivity index (χ1n) is 3.55. The van der Waals surface area contributed by atoms with Crippen LogP contribution in [0.4, 0.5) is 0 Å². The summed E-state index contributed by atoms with van der Waals surface area (Å²) >= 11 is 7.24. The van der Waals surface area contributed by atoms with Crippen LogP contribution >= 0.6 is 49.9 Å². The maximum Gasteiger partial charge on any atom is 0.152 e. The zero-order chi connectivity index (χ0) is 9.42. The number of benzene rings is 1. The molecule has 0 aliphatic heterocycles. The summed E-state index contributed by atoms with van der Waals surface area (Å²) < 4.78 is 3.23. The minimum absolute atomic E-state index is 0.807. The fraction of sp³-hybridized carbons (Fsp3) is 0. The molecular weight excluding hydrogens is 363 g/mol. The van der Waals surface area contributed by atoms with Crippen molar-refractivity contribution in [2.24, 2.45) is 0 Å². The molecule has 13 heavy (non-hydrogen) atoms. The smallest absolute Gasteiger partial charge is 0.152 e. The lowest BCUT2D eigenvalue weighted by molar-refractivity contribution is 0.112. The number of thiophene rings is 1. The van der Waals surface area contributed by atoms with Crippen molar-refractivity contribution in [1.29, 1.82) is 0 Å². The number of fused-ring (bicyclic) bond motifs is 1. The van der Waals surface area contributed by atoms with Crippen LogP contribution in [0.3, 0.4) is 0 Å². The van der Waals surface area contributed by atoms with Crippen molar-refractivity contribution >= 4 is 66.2 Å². The molecule has 0 saturated carbocycles. The molecule has 1 heterocycles. The average molecular weight is 367 g/mol. The van der Waals surface area contributed by atoms with Gasteiger partial charge in [-0.1, -0.05) is 15.9 Å². The maximum absolute atomic E-state index is 10.8. The molecular formula is C9H4BrIOS. The molecule has 66 valence electrons. The van der Waals surface area contributed by atoms with E-state index in [1.165, 1.54) is 0 Å². The molecule has 0 amide bonds. The van der Waals surface area contributed by atoms with Crippen LogP contribution < -0.4 is 0 Å². The topological polar surface area (TPSA) is 17.1 Å². The van der Waals surface area contributed by atoms with Crippen LogP contribution in [0.1, 0.15) is 10.4 Å². The Morgan fingerprint density at radius 3 is 2.92 bits per heavy atom. The first-order valence-corrected chi connectivity index (χ1v) is 6.24. The summed E-state index contributed by atoms with van der Waals surface area (Å²) in [5.41, 5.74) is 0.807. The molecule has 2 aromatic rings. The maximum atomic E-state index is 10.8. The van der Waals surface area contributed by atoms with Crippen LogP contribution in [0.5, 0.6) is 0 Å². The summed E-state index contributed by atoms with van der Waals surface area (Å²) in [5.74, 6) is 0. The van der Waals surface area contributed by atoms with E-state index in [9.17, 15) is 4.79 Å². The third-order valence-corrected chi connectivity index (χ3v) is 4.47. The molecule has 0 radical (unpaired) electrons. The van der Waals surface area contributed by atoms with Crippen molar-refractivity contribution in [3.05, 3.63) is 31.1 Å². The second-order valence-electron chi connectivity index (χ2n) is 2.55. The minimum atomic E-state index is 0.807. The van der Waals surface area contributed by atoms with E-state index in [0.29, 0.717) is 0 Å². The summed E-state index contributed by atoms with van der Waals surface area (Å²) in [6.45, 7) is 0. The summed E-state index contributed by atoms with van der Waals surface area (Å²) in [5, 5.41) is 1.04. The molecule has 0 fully saturated rings. The van der Waals surface area contributed by atoms with Crippen molar-refractivity contribution in [3.8, 4) is 0 Å². The van der Waals surface area contributed by atoms with Crippen LogP contribution in [0.25, 0.3) is 10.1 Å². The van der Waals surface area contributed by atoms with Crippen LogP contribution in [0.15, 0.2) is 22.7 Å². The van der Waals surface area contributed by atoms with E-state index < -0.39 is 0 Å². The lowest BCUT2D eigenvalue weighted by Crippen LogP contribution is -1.77. The van der Waals surface area contributed by atoms with Crippen molar-refractivity contribution in [1.82, 2.24) is 0 Å². The first-order chi connectivity index (χ1) is 6.22. The highest BCUT2D eigenvalue weighted by Crippen LogP contribution is 2.32. The Hall–Kier alpha value is 0.0600. The Kier molecular flexibility index (Phi) is 2.71. The summed E-state index contributed by atoms with van der Waals surface area (Å²) in [6, 6.07) is 6.00. The molecule has 2 rings (SSSR count). The Bertz CT molecular complexity index is 478. The van der Waals surface area contributed by atoms with E-state index in [1.54, 1.807) is 11.3 Å². The van der Waals surface area contributed by atoms with Gasteiger partial charge >= 0.3 is 0 Å². The predicted octanol–water partition coefficient (Wildman–Crippen LogP) is 4.08. The van der Waals surface area contributed by atoms with Gasteiger partial charge in [-0.25, -0.2) is 0 Å². The summed E-state index contributed by atoms with van der Waals surface area (Å²) in [7, 11) is 0. The van der Waals surface area contributed by atoms with Gasteiger partial charge in [-0.05, 0) is 40.8 Å². The average Bonchev–Trinajstić information content (AvgIpc) is 2.40. The van der Waals surface area contributed by atoms with Crippen molar-refractivity contribution in [2.45, 2.75) is 0 Å². The number of hydrogen-bond acceptors (Lipinski definition) is 2. The van der Waals surface area contributed by atoms with Gasteiger partial charge in [0.25, 0.3) is 0 Å². The SMILES string of the molecule is O=Cc1c(I)sc2ccc(Br)cc12. The number of rotatable bonds is 1. The second kappa shape index (κ2) is 3.67. The van der Waals surface area contributed by atoms with Crippen molar-refractivity contribution in [3.63, 3.8) is 0 Å². The molecule has 0 saturated heterocycles. The van der Waals surface area contributed by atoms with Gasteiger partial charge in [-0.2, -0.15) is 0 Å². The predicted molar refractivity (Wildman–Crippen MR) is 67.6 cm³/mol. The fourth-order valence-corrected chi connectivity index (χ4v) is 3.54. The number of carbonyl (C=O) groups is 1. The zero-order valence-electron chi connectivity index (χ0n) is 6.38. The third kappa shape index (κ3) is 1.67. The van der Waals surface area contributed by atoms with Gasteiger partial charge in [0.1, 0.15) is 0 Å². The van der Waals surface area contributed by atoms with E-state index >= 15 is 0 Å². The molecule has 0 aliphatic rings. The number of aldehydes is 1.